The minimum Gasteiger partial charge on any atom is -0.469 e. The molecule has 0 aromatic carbocycles. The van der Waals surface area contributed by atoms with E-state index in [2.05, 4.69) is 14.7 Å². The standard InChI is InChI=1S/C14H21N3O3/c1-10-13(16-9-15-10)14(19)17-8-4-3-5-11(17)6-7-12(18)20-2/h9,11H,3-8H2,1-2H3,(H,15,16). The van der Waals surface area contributed by atoms with E-state index in [4.69, 9.17) is 0 Å². The van der Waals surface area contributed by atoms with Crippen molar-refractivity contribution in [2.24, 2.45) is 0 Å². The minimum atomic E-state index is -0.223. The van der Waals surface area contributed by atoms with Gasteiger partial charge in [-0.2, -0.15) is 0 Å². The van der Waals surface area contributed by atoms with E-state index in [1.807, 2.05) is 11.8 Å². The number of amides is 1. The Bertz CT molecular complexity index is 484. The minimum absolute atomic E-state index is 0.0432. The lowest BCUT2D eigenvalue weighted by molar-refractivity contribution is -0.141. The van der Waals surface area contributed by atoms with Crippen molar-refractivity contribution in [3.63, 3.8) is 0 Å². The second-order valence-electron chi connectivity index (χ2n) is 5.14. The maximum Gasteiger partial charge on any atom is 0.305 e. The number of H-pyrrole nitrogens is 1. The summed E-state index contributed by atoms with van der Waals surface area (Å²) in [7, 11) is 1.39. The predicted molar refractivity (Wildman–Crippen MR) is 73.3 cm³/mol. The first-order chi connectivity index (χ1) is 9.63. The molecule has 2 heterocycles. The van der Waals surface area contributed by atoms with Gasteiger partial charge in [-0.1, -0.05) is 0 Å². The van der Waals surface area contributed by atoms with Crippen molar-refractivity contribution < 1.29 is 14.3 Å². The van der Waals surface area contributed by atoms with Crippen LogP contribution in [-0.4, -0.2) is 46.4 Å². The molecule has 1 unspecified atom stereocenters. The Hall–Kier alpha value is -1.85. The van der Waals surface area contributed by atoms with Crippen molar-refractivity contribution in [3.05, 3.63) is 17.7 Å². The third-order valence-electron chi connectivity index (χ3n) is 3.83. The molecule has 0 bridgehead atoms. The number of nitrogens with one attached hydrogen (secondary N) is 1. The van der Waals surface area contributed by atoms with Crippen molar-refractivity contribution in [2.75, 3.05) is 13.7 Å². The van der Waals surface area contributed by atoms with Gasteiger partial charge in [0, 0.05) is 24.7 Å². The van der Waals surface area contributed by atoms with E-state index in [1.165, 1.54) is 13.4 Å². The van der Waals surface area contributed by atoms with Crippen molar-refractivity contribution in [3.8, 4) is 0 Å². The molecule has 6 nitrogen and oxygen atoms in total. The van der Waals surface area contributed by atoms with E-state index in [9.17, 15) is 9.59 Å². The molecule has 1 aromatic heterocycles. The fourth-order valence-corrected chi connectivity index (χ4v) is 2.67. The van der Waals surface area contributed by atoms with Gasteiger partial charge in [0.05, 0.1) is 13.4 Å². The van der Waals surface area contributed by atoms with Crippen LogP contribution in [0.2, 0.25) is 0 Å². The number of esters is 1. The van der Waals surface area contributed by atoms with Crippen LogP contribution in [0.15, 0.2) is 6.33 Å². The van der Waals surface area contributed by atoms with Crippen LogP contribution < -0.4 is 0 Å². The quantitative estimate of drug-likeness (QED) is 0.851. The van der Waals surface area contributed by atoms with E-state index in [-0.39, 0.29) is 17.9 Å². The highest BCUT2D eigenvalue weighted by Gasteiger charge is 2.29. The van der Waals surface area contributed by atoms with Crippen LogP contribution >= 0.6 is 0 Å². The van der Waals surface area contributed by atoms with Gasteiger partial charge in [0.2, 0.25) is 0 Å². The van der Waals surface area contributed by atoms with Crippen LogP contribution in [0.25, 0.3) is 0 Å². The van der Waals surface area contributed by atoms with Crippen LogP contribution in [0.4, 0.5) is 0 Å². The number of carbonyl (C=O) groups is 2. The second kappa shape index (κ2) is 6.54. The molecule has 0 saturated carbocycles. The van der Waals surface area contributed by atoms with Crippen molar-refractivity contribution >= 4 is 11.9 Å². The number of aromatic amines is 1. The first-order valence-electron chi connectivity index (χ1n) is 7.01. The van der Waals surface area contributed by atoms with Crippen molar-refractivity contribution in [2.45, 2.75) is 45.1 Å². The average molecular weight is 279 g/mol. The zero-order valence-electron chi connectivity index (χ0n) is 12.0. The lowest BCUT2D eigenvalue weighted by Gasteiger charge is -2.35. The Kier molecular flexibility index (Phi) is 4.76. The van der Waals surface area contributed by atoms with Crippen LogP contribution in [0, 0.1) is 6.92 Å². The molecule has 110 valence electrons. The first kappa shape index (κ1) is 14.6. The SMILES string of the molecule is COC(=O)CCC1CCCCN1C(=O)c1nc[nH]c1C. The molecular weight excluding hydrogens is 258 g/mol. The Balaban J connectivity index is 2.05. The number of hydrogen-bond acceptors (Lipinski definition) is 4. The van der Waals surface area contributed by atoms with Crippen molar-refractivity contribution in [1.29, 1.82) is 0 Å². The van der Waals surface area contributed by atoms with Gasteiger partial charge in [-0.05, 0) is 32.6 Å². The topological polar surface area (TPSA) is 75.3 Å². The normalized spacial score (nSPS) is 18.9. The Morgan fingerprint density at radius 3 is 2.95 bits per heavy atom. The van der Waals surface area contributed by atoms with Crippen LogP contribution in [0.1, 0.15) is 48.3 Å². The molecular formula is C14H21N3O3. The maximum absolute atomic E-state index is 12.5. The first-order valence-corrected chi connectivity index (χ1v) is 7.01. The lowest BCUT2D eigenvalue weighted by Crippen LogP contribution is -2.44. The molecule has 0 aliphatic carbocycles. The summed E-state index contributed by atoms with van der Waals surface area (Å²) in [5.74, 6) is -0.266. The largest absolute Gasteiger partial charge is 0.469 e. The molecule has 1 atom stereocenters. The molecule has 1 saturated heterocycles. The van der Waals surface area contributed by atoms with E-state index < -0.39 is 0 Å². The van der Waals surface area contributed by atoms with Gasteiger partial charge in [-0.15, -0.1) is 0 Å². The number of likely N-dealkylation sites (tertiary alicyclic amines) is 1. The van der Waals surface area contributed by atoms with Crippen LogP contribution in [0.3, 0.4) is 0 Å². The number of imidazole rings is 1. The molecule has 1 aromatic rings. The lowest BCUT2D eigenvalue weighted by atomic mass is 9.97. The number of carbonyl (C=O) groups excluding carboxylic acids is 2. The molecule has 1 aliphatic heterocycles. The number of rotatable bonds is 4. The smallest absolute Gasteiger partial charge is 0.305 e. The van der Waals surface area contributed by atoms with Gasteiger partial charge in [0.15, 0.2) is 0 Å². The third-order valence-corrected chi connectivity index (χ3v) is 3.83. The highest BCUT2D eigenvalue weighted by Crippen LogP contribution is 2.23. The Morgan fingerprint density at radius 2 is 2.30 bits per heavy atom. The molecule has 0 radical (unpaired) electrons. The third kappa shape index (κ3) is 3.18. The highest BCUT2D eigenvalue weighted by atomic mass is 16.5. The number of ether oxygens (including phenoxy) is 1. The summed E-state index contributed by atoms with van der Waals surface area (Å²) in [4.78, 5) is 32.7. The number of hydrogen-bond donors (Lipinski definition) is 1. The van der Waals surface area contributed by atoms with Gasteiger partial charge in [0.1, 0.15) is 5.69 Å². The molecule has 1 amide bonds. The van der Waals surface area contributed by atoms with Gasteiger partial charge < -0.3 is 14.6 Å². The fourth-order valence-electron chi connectivity index (χ4n) is 2.67. The molecule has 20 heavy (non-hydrogen) atoms. The van der Waals surface area contributed by atoms with E-state index >= 15 is 0 Å². The molecule has 0 spiro atoms. The predicted octanol–water partition coefficient (Wildman–Crippen LogP) is 1.67. The van der Waals surface area contributed by atoms with E-state index in [0.717, 1.165) is 31.5 Å². The number of aryl methyl sites for hydroxylation is 1. The maximum atomic E-state index is 12.5. The Morgan fingerprint density at radius 1 is 1.50 bits per heavy atom. The van der Waals surface area contributed by atoms with E-state index in [0.29, 0.717) is 18.5 Å². The summed E-state index contributed by atoms with van der Waals surface area (Å²) in [6.07, 6.45) is 5.58. The number of nitrogens with zero attached hydrogens (tertiary/aromatic N) is 2. The summed E-state index contributed by atoms with van der Waals surface area (Å²) >= 11 is 0. The second-order valence-corrected chi connectivity index (χ2v) is 5.14. The fraction of sp³-hybridized carbons (Fsp3) is 0.643. The number of methoxy groups -OCH3 is 1. The molecule has 1 N–H and O–H groups in total. The van der Waals surface area contributed by atoms with Crippen LogP contribution in [-0.2, 0) is 9.53 Å². The van der Waals surface area contributed by atoms with Gasteiger partial charge in [-0.25, -0.2) is 4.98 Å². The average Bonchev–Trinajstić information content (AvgIpc) is 2.90. The monoisotopic (exact) mass is 279 g/mol. The van der Waals surface area contributed by atoms with Gasteiger partial charge in [-0.3, -0.25) is 9.59 Å². The highest BCUT2D eigenvalue weighted by molar-refractivity contribution is 5.93. The molecule has 6 heteroatoms. The molecule has 1 aliphatic rings. The van der Waals surface area contributed by atoms with E-state index in [1.54, 1.807) is 0 Å². The summed E-state index contributed by atoms with van der Waals surface area (Å²) < 4.78 is 4.67. The molecule has 2 rings (SSSR count). The number of piperidine rings is 1. The zero-order valence-corrected chi connectivity index (χ0v) is 12.0. The van der Waals surface area contributed by atoms with Gasteiger partial charge in [0.25, 0.3) is 5.91 Å². The van der Waals surface area contributed by atoms with Crippen molar-refractivity contribution in [1.82, 2.24) is 14.9 Å². The number of aromatic nitrogens is 2. The summed E-state index contributed by atoms with van der Waals surface area (Å²) in [5, 5.41) is 0. The summed E-state index contributed by atoms with van der Waals surface area (Å²) in [6, 6.07) is 0.103. The van der Waals surface area contributed by atoms with Crippen LogP contribution in [0.5, 0.6) is 0 Å². The summed E-state index contributed by atoms with van der Waals surface area (Å²) in [6.45, 7) is 2.57. The van der Waals surface area contributed by atoms with Gasteiger partial charge >= 0.3 is 5.97 Å². The molecule has 1 fully saturated rings. The summed E-state index contributed by atoms with van der Waals surface area (Å²) in [5.41, 5.74) is 1.27. The Labute approximate surface area is 118 Å². The zero-order chi connectivity index (χ0) is 14.5.